The highest BCUT2D eigenvalue weighted by atomic mass is 32.2. The van der Waals surface area contributed by atoms with Crippen molar-refractivity contribution in [3.05, 3.63) is 17.0 Å². The van der Waals surface area contributed by atoms with Crippen LogP contribution in [0.5, 0.6) is 0 Å². The Bertz CT molecular complexity index is 536. The van der Waals surface area contributed by atoms with Crippen LogP contribution in [0.4, 0.5) is 0 Å². The lowest BCUT2D eigenvalue weighted by atomic mass is 10.4. The van der Waals surface area contributed by atoms with E-state index in [1.807, 2.05) is 0 Å². The van der Waals surface area contributed by atoms with Crippen molar-refractivity contribution in [1.82, 2.24) is 9.62 Å². The average molecular weight is 336 g/mol. The molecule has 1 aromatic heterocycles. The van der Waals surface area contributed by atoms with Gasteiger partial charge in [-0.15, -0.1) is 11.3 Å². The van der Waals surface area contributed by atoms with Crippen LogP contribution in [0, 0.1) is 0 Å². The van der Waals surface area contributed by atoms with Crippen LogP contribution in [0.1, 0.15) is 25.1 Å². The van der Waals surface area contributed by atoms with Crippen LogP contribution in [0.2, 0.25) is 0 Å². The topological polar surface area (TPSA) is 75.4 Å². The molecule has 0 aliphatic carbocycles. The highest BCUT2D eigenvalue weighted by Crippen LogP contribution is 2.21. The molecule has 0 aliphatic heterocycles. The molecule has 0 fully saturated rings. The molecule has 5 nitrogen and oxygen atoms in total. The van der Waals surface area contributed by atoms with Crippen LogP contribution in [-0.4, -0.2) is 44.5 Å². The number of nitrogens with two attached hydrogens (primary N) is 1. The van der Waals surface area contributed by atoms with Gasteiger partial charge >= 0.3 is 0 Å². The van der Waals surface area contributed by atoms with Gasteiger partial charge < -0.3 is 10.6 Å². The Kier molecular flexibility index (Phi) is 7.04. The molecule has 1 aromatic rings. The number of sulfonamides is 1. The van der Waals surface area contributed by atoms with Crippen molar-refractivity contribution in [2.24, 2.45) is 5.73 Å². The van der Waals surface area contributed by atoms with Gasteiger partial charge in [0.15, 0.2) is 0 Å². The fraction of sp³-hybridized carbons (Fsp3) is 0.583. The lowest BCUT2D eigenvalue weighted by Crippen LogP contribution is -2.29. The van der Waals surface area contributed by atoms with Crippen LogP contribution < -0.4 is 10.5 Å². The second kappa shape index (κ2) is 8.04. The molecule has 0 aliphatic rings. The van der Waals surface area contributed by atoms with Crippen molar-refractivity contribution in [3.8, 4) is 0 Å². The SMILES string of the molecule is CCN(CC)CCCNS(=O)(=O)c1ccc(C(N)=S)s1. The number of hydrogen-bond acceptors (Lipinski definition) is 5. The van der Waals surface area contributed by atoms with E-state index in [1.54, 1.807) is 6.07 Å². The summed E-state index contributed by atoms with van der Waals surface area (Å²) < 4.78 is 27.0. The Hall–Kier alpha value is -0.540. The van der Waals surface area contributed by atoms with Crippen molar-refractivity contribution < 1.29 is 8.42 Å². The molecule has 1 heterocycles. The zero-order chi connectivity index (χ0) is 15.2. The van der Waals surface area contributed by atoms with Crippen molar-refractivity contribution in [2.75, 3.05) is 26.2 Å². The molecule has 0 saturated carbocycles. The summed E-state index contributed by atoms with van der Waals surface area (Å²) in [6.07, 6.45) is 0.786. The second-order valence-electron chi connectivity index (χ2n) is 4.26. The predicted octanol–water partition coefficient (Wildman–Crippen LogP) is 1.39. The number of rotatable bonds is 9. The number of hydrogen-bond donors (Lipinski definition) is 2. The molecule has 8 heteroatoms. The summed E-state index contributed by atoms with van der Waals surface area (Å²) in [5.74, 6) is 0. The third-order valence-electron chi connectivity index (χ3n) is 2.93. The molecule has 3 N–H and O–H groups in total. The van der Waals surface area contributed by atoms with Gasteiger partial charge in [0, 0.05) is 6.54 Å². The fourth-order valence-electron chi connectivity index (χ4n) is 1.72. The monoisotopic (exact) mass is 335 g/mol. The van der Waals surface area contributed by atoms with E-state index in [0.29, 0.717) is 11.4 Å². The maximum atomic E-state index is 12.1. The summed E-state index contributed by atoms with van der Waals surface area (Å²) >= 11 is 5.92. The predicted molar refractivity (Wildman–Crippen MR) is 87.8 cm³/mol. The molecule has 114 valence electrons. The molecule has 20 heavy (non-hydrogen) atoms. The van der Waals surface area contributed by atoms with E-state index in [1.165, 1.54) is 6.07 Å². The summed E-state index contributed by atoms with van der Waals surface area (Å²) in [5.41, 5.74) is 5.48. The molecular formula is C12H21N3O2S3. The summed E-state index contributed by atoms with van der Waals surface area (Å²) in [6.45, 7) is 7.46. The van der Waals surface area contributed by atoms with Crippen LogP contribution >= 0.6 is 23.6 Å². The van der Waals surface area contributed by atoms with Crippen LogP contribution in [0.15, 0.2) is 16.3 Å². The molecule has 0 unspecified atom stereocenters. The number of thiocarbonyl (C=S) groups is 1. The third-order valence-corrected chi connectivity index (χ3v) is 6.35. The van der Waals surface area contributed by atoms with E-state index in [2.05, 4.69) is 23.5 Å². The van der Waals surface area contributed by atoms with Crippen LogP contribution in [0.25, 0.3) is 0 Å². The van der Waals surface area contributed by atoms with E-state index < -0.39 is 10.0 Å². The highest BCUT2D eigenvalue weighted by Gasteiger charge is 2.16. The summed E-state index contributed by atoms with van der Waals surface area (Å²) in [7, 11) is -3.45. The van der Waals surface area contributed by atoms with Gasteiger partial charge in [-0.05, 0) is 38.2 Å². The minimum atomic E-state index is -3.45. The van der Waals surface area contributed by atoms with E-state index in [0.717, 1.165) is 37.4 Å². The van der Waals surface area contributed by atoms with Crippen molar-refractivity contribution in [1.29, 1.82) is 0 Å². The first kappa shape index (κ1) is 17.5. The normalized spacial score (nSPS) is 11.9. The zero-order valence-corrected chi connectivity index (χ0v) is 14.2. The summed E-state index contributed by atoms with van der Waals surface area (Å²) in [5, 5.41) is 0. The Morgan fingerprint density at radius 3 is 2.55 bits per heavy atom. The third kappa shape index (κ3) is 5.10. The minimum absolute atomic E-state index is 0.220. The molecule has 0 radical (unpaired) electrons. The molecule has 0 bridgehead atoms. The zero-order valence-electron chi connectivity index (χ0n) is 11.8. The van der Waals surface area contributed by atoms with Crippen LogP contribution in [0.3, 0.4) is 0 Å². The van der Waals surface area contributed by atoms with E-state index >= 15 is 0 Å². The van der Waals surface area contributed by atoms with Gasteiger partial charge in [0.1, 0.15) is 9.20 Å². The van der Waals surface area contributed by atoms with Gasteiger partial charge in [0.25, 0.3) is 0 Å². The van der Waals surface area contributed by atoms with E-state index in [4.69, 9.17) is 18.0 Å². The first-order valence-corrected chi connectivity index (χ1v) is 9.23. The molecule has 0 atom stereocenters. The van der Waals surface area contributed by atoms with Gasteiger partial charge in [-0.1, -0.05) is 26.1 Å². The standard InChI is InChI=1S/C12H21N3O2S3/c1-3-15(4-2)9-5-8-14-20(16,17)11-7-6-10(19-11)12(13)18/h6-7,14H,3-5,8-9H2,1-2H3,(H2,13,18). The molecule has 0 saturated heterocycles. The smallest absolute Gasteiger partial charge is 0.250 e. The van der Waals surface area contributed by atoms with Gasteiger partial charge in [0.05, 0.1) is 4.88 Å². The quantitative estimate of drug-likeness (QED) is 0.527. The van der Waals surface area contributed by atoms with Gasteiger partial charge in [-0.2, -0.15) is 0 Å². The lowest BCUT2D eigenvalue weighted by molar-refractivity contribution is 0.300. The van der Waals surface area contributed by atoms with Crippen molar-refractivity contribution >= 4 is 38.6 Å². The number of nitrogens with one attached hydrogen (secondary N) is 1. The van der Waals surface area contributed by atoms with Crippen molar-refractivity contribution in [2.45, 2.75) is 24.5 Å². The maximum absolute atomic E-state index is 12.1. The average Bonchev–Trinajstić information content (AvgIpc) is 2.89. The van der Waals surface area contributed by atoms with Crippen molar-refractivity contribution in [3.63, 3.8) is 0 Å². The first-order valence-electron chi connectivity index (χ1n) is 6.52. The minimum Gasteiger partial charge on any atom is -0.389 e. The largest absolute Gasteiger partial charge is 0.389 e. The Morgan fingerprint density at radius 1 is 1.40 bits per heavy atom. The second-order valence-corrected chi connectivity index (χ2v) is 7.78. The lowest BCUT2D eigenvalue weighted by Gasteiger charge is -2.17. The molecule has 0 spiro atoms. The molecule has 0 aromatic carbocycles. The molecule has 0 amide bonds. The number of nitrogens with zero attached hydrogens (tertiary/aromatic N) is 1. The Labute approximate surface area is 130 Å². The van der Waals surface area contributed by atoms with Gasteiger partial charge in [-0.3, -0.25) is 0 Å². The molecular weight excluding hydrogens is 314 g/mol. The fourth-order valence-corrected chi connectivity index (χ4v) is 4.19. The highest BCUT2D eigenvalue weighted by molar-refractivity contribution is 7.91. The van der Waals surface area contributed by atoms with E-state index in [-0.39, 0.29) is 9.20 Å². The summed E-state index contributed by atoms with van der Waals surface area (Å²) in [4.78, 5) is 3.09. The number of thiophene rings is 1. The molecule has 1 rings (SSSR count). The van der Waals surface area contributed by atoms with Crippen LogP contribution in [-0.2, 0) is 10.0 Å². The maximum Gasteiger partial charge on any atom is 0.250 e. The Balaban J connectivity index is 2.51. The van der Waals surface area contributed by atoms with Gasteiger partial charge in [-0.25, -0.2) is 13.1 Å². The Morgan fingerprint density at radius 2 is 2.05 bits per heavy atom. The summed E-state index contributed by atoms with van der Waals surface area (Å²) in [6, 6.07) is 3.17. The first-order chi connectivity index (χ1) is 9.40. The van der Waals surface area contributed by atoms with Gasteiger partial charge in [0.2, 0.25) is 10.0 Å². The van der Waals surface area contributed by atoms with E-state index in [9.17, 15) is 8.42 Å².